The van der Waals surface area contributed by atoms with Crippen molar-refractivity contribution >= 4 is 17.0 Å². The standard InChI is InChI=1S/C8H6N2O2/c11-8(12)5-1-2-6-7(3-5)10-4-9-6/h1-4H,(H,9,10)(H,11,12)/i1+1,2+1,3+1,5+1,6+1,7+1. The molecule has 0 atom stereocenters. The van der Waals surface area contributed by atoms with Crippen molar-refractivity contribution in [3.8, 4) is 0 Å². The molecule has 0 unspecified atom stereocenters. The number of nitrogens with zero attached hydrogens (tertiary/aromatic N) is 1. The van der Waals surface area contributed by atoms with Gasteiger partial charge in [0.1, 0.15) is 0 Å². The summed E-state index contributed by atoms with van der Waals surface area (Å²) in [5, 5.41) is 8.65. The van der Waals surface area contributed by atoms with Crippen molar-refractivity contribution in [1.82, 2.24) is 9.97 Å². The molecule has 1 aromatic heterocycles. The summed E-state index contributed by atoms with van der Waals surface area (Å²) in [6, 6.07) is 4.77. The molecule has 4 nitrogen and oxygen atoms in total. The van der Waals surface area contributed by atoms with Crippen molar-refractivity contribution < 1.29 is 9.90 Å². The fourth-order valence-corrected chi connectivity index (χ4v) is 1.07. The minimum absolute atomic E-state index is 0.270. The first kappa shape index (κ1) is 6.84. The molecule has 2 aromatic rings. The summed E-state index contributed by atoms with van der Waals surface area (Å²) in [6.07, 6.45) is 1.54. The monoisotopic (exact) mass is 168 g/mol. The van der Waals surface area contributed by atoms with Gasteiger partial charge in [-0.05, 0) is 18.2 Å². The number of aromatic amines is 1. The van der Waals surface area contributed by atoms with Crippen LogP contribution in [0.2, 0.25) is 0 Å². The molecule has 60 valence electrons. The molecule has 0 radical (unpaired) electrons. The maximum atomic E-state index is 10.5. The molecule has 0 bridgehead atoms. The van der Waals surface area contributed by atoms with Gasteiger partial charge >= 0.3 is 5.97 Å². The number of nitrogens with one attached hydrogen (secondary N) is 1. The normalized spacial score (nSPS) is 10.3. The fraction of sp³-hybridized carbons (Fsp3) is 0. The Bertz CT molecular complexity index is 433. The highest BCUT2D eigenvalue weighted by Gasteiger charge is 2.03. The second-order valence-electron chi connectivity index (χ2n) is 2.44. The molecule has 1 aromatic carbocycles. The lowest BCUT2D eigenvalue weighted by Crippen LogP contribution is -1.94. The van der Waals surface area contributed by atoms with E-state index in [-0.39, 0.29) is 5.56 Å². The van der Waals surface area contributed by atoms with Crippen LogP contribution in [0.25, 0.3) is 11.0 Å². The van der Waals surface area contributed by atoms with Gasteiger partial charge in [-0.15, -0.1) is 0 Å². The third-order valence-electron chi connectivity index (χ3n) is 1.67. The first-order valence-electron chi connectivity index (χ1n) is 3.44. The molecule has 0 fully saturated rings. The number of hydrogen-bond acceptors (Lipinski definition) is 2. The van der Waals surface area contributed by atoms with E-state index in [9.17, 15) is 4.79 Å². The van der Waals surface area contributed by atoms with Gasteiger partial charge in [-0.1, -0.05) is 0 Å². The highest BCUT2D eigenvalue weighted by Crippen LogP contribution is 2.10. The second-order valence-corrected chi connectivity index (χ2v) is 2.44. The SMILES string of the molecule is O=C(O)[13c]1[13cH][13cH][13c]2nc[nH][13c]2[13cH]1. The summed E-state index contributed by atoms with van der Waals surface area (Å²) < 4.78 is 0. The van der Waals surface area contributed by atoms with Crippen molar-refractivity contribution in [2.45, 2.75) is 0 Å². The summed E-state index contributed by atoms with van der Waals surface area (Å²) in [5.74, 6) is -0.925. The molecule has 0 aliphatic carbocycles. The number of H-pyrrole nitrogens is 1. The Labute approximate surface area is 67.9 Å². The smallest absolute Gasteiger partial charge is 0.335 e. The van der Waals surface area contributed by atoms with Crippen molar-refractivity contribution in [3.05, 3.63) is 30.1 Å². The van der Waals surface area contributed by atoms with Gasteiger partial charge in [0, 0.05) is 0 Å². The van der Waals surface area contributed by atoms with E-state index in [1.54, 1.807) is 12.1 Å². The highest BCUT2D eigenvalue weighted by molar-refractivity contribution is 5.92. The number of aromatic carboxylic acids is 1. The number of imidazole rings is 1. The fourth-order valence-electron chi connectivity index (χ4n) is 1.07. The van der Waals surface area contributed by atoms with Crippen LogP contribution in [0.4, 0.5) is 0 Å². The molecule has 0 spiro atoms. The lowest BCUT2D eigenvalue weighted by Gasteiger charge is -1.92. The van der Waals surface area contributed by atoms with Gasteiger partial charge < -0.3 is 10.1 Å². The van der Waals surface area contributed by atoms with Gasteiger partial charge in [0.05, 0.1) is 22.9 Å². The zero-order valence-electron chi connectivity index (χ0n) is 6.11. The average Bonchev–Trinajstić information content (AvgIpc) is 2.49. The molecule has 0 aliphatic rings. The molecule has 2 N–H and O–H groups in total. The topological polar surface area (TPSA) is 66.0 Å². The van der Waals surface area contributed by atoms with Crippen molar-refractivity contribution in [3.63, 3.8) is 0 Å². The van der Waals surface area contributed by atoms with Crippen LogP contribution < -0.4 is 0 Å². The number of carbonyl (C=O) groups is 1. The summed E-state index contributed by atoms with van der Waals surface area (Å²) in [4.78, 5) is 17.3. The van der Waals surface area contributed by atoms with Gasteiger partial charge in [0.25, 0.3) is 0 Å². The Balaban J connectivity index is 2.68. The number of aromatic nitrogens is 2. The van der Waals surface area contributed by atoms with E-state index in [0.717, 1.165) is 11.0 Å². The number of rotatable bonds is 1. The van der Waals surface area contributed by atoms with Crippen LogP contribution in [-0.2, 0) is 0 Å². The quantitative estimate of drug-likeness (QED) is 0.673. The van der Waals surface area contributed by atoms with Gasteiger partial charge in [-0.2, -0.15) is 0 Å². The summed E-state index contributed by atoms with van der Waals surface area (Å²) >= 11 is 0. The van der Waals surface area contributed by atoms with E-state index in [1.165, 1.54) is 12.4 Å². The largest absolute Gasteiger partial charge is 0.478 e. The third-order valence-corrected chi connectivity index (χ3v) is 1.67. The van der Waals surface area contributed by atoms with E-state index in [1.807, 2.05) is 0 Å². The van der Waals surface area contributed by atoms with Gasteiger partial charge in [-0.25, -0.2) is 9.78 Å². The predicted octanol–water partition coefficient (Wildman–Crippen LogP) is 1.26. The molecule has 12 heavy (non-hydrogen) atoms. The van der Waals surface area contributed by atoms with E-state index < -0.39 is 5.97 Å². The van der Waals surface area contributed by atoms with Crippen LogP contribution in [-0.4, -0.2) is 21.0 Å². The lowest BCUT2D eigenvalue weighted by molar-refractivity contribution is 0.0697. The molecule has 0 amide bonds. The summed E-state index contributed by atoms with van der Waals surface area (Å²) in [7, 11) is 0. The molecule has 1 heterocycles. The van der Waals surface area contributed by atoms with Crippen LogP contribution in [0.5, 0.6) is 0 Å². The van der Waals surface area contributed by atoms with Gasteiger partial charge in [0.15, 0.2) is 0 Å². The van der Waals surface area contributed by atoms with E-state index in [2.05, 4.69) is 9.97 Å². The van der Waals surface area contributed by atoms with E-state index >= 15 is 0 Å². The highest BCUT2D eigenvalue weighted by atomic mass is 16.4. The number of hydrogen-bond donors (Lipinski definition) is 2. The Morgan fingerprint density at radius 3 is 3.08 bits per heavy atom. The molecular weight excluding hydrogens is 162 g/mol. The molecule has 0 aliphatic heterocycles. The van der Waals surface area contributed by atoms with Gasteiger partial charge in [0.2, 0.25) is 0 Å². The first-order valence-corrected chi connectivity index (χ1v) is 3.44. The van der Waals surface area contributed by atoms with E-state index in [4.69, 9.17) is 5.11 Å². The summed E-state index contributed by atoms with van der Waals surface area (Å²) in [6.45, 7) is 0. The number of fused-ring (bicyclic) bond motifs is 1. The molecule has 4 heteroatoms. The molecular formula is C8H6N2O2. The minimum atomic E-state index is -0.925. The maximum Gasteiger partial charge on any atom is 0.335 e. The average molecular weight is 168 g/mol. The van der Waals surface area contributed by atoms with Crippen molar-refractivity contribution in [2.75, 3.05) is 0 Å². The van der Waals surface area contributed by atoms with Crippen molar-refractivity contribution in [1.29, 1.82) is 0 Å². The molecule has 0 saturated carbocycles. The zero-order chi connectivity index (χ0) is 8.55. The van der Waals surface area contributed by atoms with Crippen molar-refractivity contribution in [2.24, 2.45) is 0 Å². The Morgan fingerprint density at radius 2 is 2.33 bits per heavy atom. The van der Waals surface area contributed by atoms with Crippen LogP contribution in [0.15, 0.2) is 24.5 Å². The van der Waals surface area contributed by atoms with Crippen LogP contribution in [0, 0.1) is 0 Å². The zero-order valence-corrected chi connectivity index (χ0v) is 6.11. The number of benzene rings is 1. The Kier molecular flexibility index (Phi) is 1.33. The number of carboxylic acid groups (broad SMARTS) is 1. The second kappa shape index (κ2) is 2.34. The summed E-state index contributed by atoms with van der Waals surface area (Å²) in [5.41, 5.74) is 1.79. The predicted molar refractivity (Wildman–Crippen MR) is 43.1 cm³/mol. The Morgan fingerprint density at radius 1 is 1.50 bits per heavy atom. The van der Waals surface area contributed by atoms with Crippen LogP contribution >= 0.6 is 0 Å². The number of carboxylic acids is 1. The lowest BCUT2D eigenvalue weighted by atomic mass is 10.9. The third kappa shape index (κ3) is 0.934. The molecule has 2 rings (SSSR count). The Hall–Kier alpha value is -1.84. The van der Waals surface area contributed by atoms with Crippen LogP contribution in [0.1, 0.15) is 10.4 Å². The molecule has 0 saturated heterocycles. The van der Waals surface area contributed by atoms with Gasteiger partial charge in [-0.3, -0.25) is 0 Å². The van der Waals surface area contributed by atoms with E-state index in [0.29, 0.717) is 0 Å². The minimum Gasteiger partial charge on any atom is -0.478 e. The van der Waals surface area contributed by atoms with Crippen LogP contribution in [0.3, 0.4) is 0 Å². The maximum absolute atomic E-state index is 10.5. The first-order chi connectivity index (χ1) is 5.77.